The van der Waals surface area contributed by atoms with Crippen molar-refractivity contribution < 1.29 is 29.3 Å². The summed E-state index contributed by atoms with van der Waals surface area (Å²) in [5.41, 5.74) is 0. The van der Waals surface area contributed by atoms with Gasteiger partial charge in [-0.2, -0.15) is 0 Å². The number of aliphatic carboxylic acids is 2. The topological polar surface area (TPSA) is 101 Å². The van der Waals surface area contributed by atoms with Crippen LogP contribution in [0.25, 0.3) is 0 Å². The number of carboxylic acids is 2. The third kappa shape index (κ3) is 12.8. The van der Waals surface area contributed by atoms with Crippen molar-refractivity contribution in [2.75, 3.05) is 6.61 Å². The van der Waals surface area contributed by atoms with E-state index in [1.807, 2.05) is 0 Å². The van der Waals surface area contributed by atoms with Gasteiger partial charge in [-0.05, 0) is 68.6 Å². The Morgan fingerprint density at radius 2 is 1.52 bits per heavy atom. The van der Waals surface area contributed by atoms with E-state index in [1.54, 1.807) is 0 Å². The van der Waals surface area contributed by atoms with Crippen molar-refractivity contribution in [3.63, 3.8) is 0 Å². The number of ether oxygens (including phenoxy) is 1. The quantitative estimate of drug-likeness (QED) is 0.210. The van der Waals surface area contributed by atoms with E-state index >= 15 is 0 Å². The van der Waals surface area contributed by atoms with Crippen molar-refractivity contribution in [3.8, 4) is 0 Å². The summed E-state index contributed by atoms with van der Waals surface area (Å²) in [6, 6.07) is 0. The largest absolute Gasteiger partial charge is 0.481 e. The maximum absolute atomic E-state index is 12.4. The lowest BCUT2D eigenvalue weighted by molar-refractivity contribution is -0.146. The van der Waals surface area contributed by atoms with Crippen LogP contribution < -0.4 is 0 Å². The Labute approximate surface area is 188 Å². The minimum Gasteiger partial charge on any atom is -0.481 e. The van der Waals surface area contributed by atoms with Crippen molar-refractivity contribution in [1.82, 2.24) is 0 Å². The van der Waals surface area contributed by atoms with Crippen LogP contribution in [0.1, 0.15) is 110 Å². The van der Waals surface area contributed by atoms with Crippen LogP contribution >= 0.6 is 0 Å². The lowest BCUT2D eigenvalue weighted by Gasteiger charge is -2.36. The Morgan fingerprint density at radius 3 is 2.16 bits per heavy atom. The molecule has 180 valence electrons. The Hall–Kier alpha value is -1.59. The van der Waals surface area contributed by atoms with Crippen LogP contribution in [0.3, 0.4) is 0 Å². The van der Waals surface area contributed by atoms with Crippen LogP contribution in [-0.2, 0) is 19.1 Å². The molecule has 0 spiro atoms. The molecule has 0 aromatic heterocycles. The highest BCUT2D eigenvalue weighted by atomic mass is 16.5. The normalized spacial score (nSPS) is 22.1. The van der Waals surface area contributed by atoms with Gasteiger partial charge in [0.15, 0.2) is 0 Å². The molecule has 1 fully saturated rings. The van der Waals surface area contributed by atoms with E-state index in [2.05, 4.69) is 13.8 Å². The van der Waals surface area contributed by atoms with E-state index in [-0.39, 0.29) is 24.7 Å². The summed E-state index contributed by atoms with van der Waals surface area (Å²) in [6.07, 6.45) is 12.4. The first-order valence-electron chi connectivity index (χ1n) is 12.4. The Balaban J connectivity index is 2.46. The third-order valence-electron chi connectivity index (χ3n) is 6.86. The average Bonchev–Trinajstić information content (AvgIpc) is 2.73. The molecule has 1 aliphatic rings. The summed E-state index contributed by atoms with van der Waals surface area (Å²) >= 11 is 0. The molecule has 0 bridgehead atoms. The number of unbranched alkanes of at least 4 members (excludes halogenated alkanes) is 2. The second-order valence-corrected chi connectivity index (χ2v) is 9.44. The zero-order chi connectivity index (χ0) is 23.1. The molecule has 0 radical (unpaired) electrons. The summed E-state index contributed by atoms with van der Waals surface area (Å²) in [6.45, 7) is 4.87. The first kappa shape index (κ1) is 27.4. The number of hydrogen-bond donors (Lipinski definition) is 2. The van der Waals surface area contributed by atoms with Crippen LogP contribution in [0.5, 0.6) is 0 Å². The molecule has 0 aromatic rings. The highest BCUT2D eigenvalue weighted by Gasteiger charge is 2.31. The molecule has 1 rings (SSSR count). The third-order valence-corrected chi connectivity index (χ3v) is 6.86. The van der Waals surface area contributed by atoms with Gasteiger partial charge in [0, 0.05) is 19.3 Å². The summed E-state index contributed by atoms with van der Waals surface area (Å²) < 4.78 is 5.60. The van der Waals surface area contributed by atoms with Gasteiger partial charge in [0.1, 0.15) is 0 Å². The molecular weight excluding hydrogens is 396 g/mol. The predicted octanol–water partition coefficient (Wildman–Crippen LogP) is 6.07. The molecule has 4 unspecified atom stereocenters. The molecule has 6 nitrogen and oxygen atoms in total. The standard InChI is InChI=1S/C25H44O6/c1-3-5-6-8-20(7-4-2)18-31-25(30)16-13-21-11-9-19(10-14-23(26)27)17-22(21)12-15-24(28)29/h19-22H,3-18H2,1-2H3,(H,26,27)(H,28,29). The van der Waals surface area contributed by atoms with Gasteiger partial charge in [-0.3, -0.25) is 14.4 Å². The van der Waals surface area contributed by atoms with Crippen molar-refractivity contribution in [3.05, 3.63) is 0 Å². The molecule has 1 aliphatic carbocycles. The lowest BCUT2D eigenvalue weighted by Crippen LogP contribution is -2.27. The highest BCUT2D eigenvalue weighted by molar-refractivity contribution is 5.69. The molecule has 0 aromatic carbocycles. The number of carbonyl (C=O) groups excluding carboxylic acids is 1. The fraction of sp³-hybridized carbons (Fsp3) is 0.880. The lowest BCUT2D eigenvalue weighted by atomic mass is 9.69. The van der Waals surface area contributed by atoms with Crippen molar-refractivity contribution in [2.24, 2.45) is 23.7 Å². The highest BCUT2D eigenvalue weighted by Crippen LogP contribution is 2.40. The van der Waals surface area contributed by atoms with E-state index in [4.69, 9.17) is 14.9 Å². The second kappa shape index (κ2) is 16.1. The molecule has 1 saturated carbocycles. The zero-order valence-electron chi connectivity index (χ0n) is 19.7. The fourth-order valence-corrected chi connectivity index (χ4v) is 5.04. The summed E-state index contributed by atoms with van der Waals surface area (Å²) in [7, 11) is 0. The van der Waals surface area contributed by atoms with E-state index in [9.17, 15) is 14.4 Å². The molecule has 0 heterocycles. The molecular formula is C25H44O6. The molecule has 6 heteroatoms. The van der Waals surface area contributed by atoms with Gasteiger partial charge in [-0.25, -0.2) is 0 Å². The average molecular weight is 441 g/mol. The number of rotatable bonds is 17. The van der Waals surface area contributed by atoms with Crippen LogP contribution in [0.15, 0.2) is 0 Å². The number of carboxylic acid groups (broad SMARTS) is 2. The maximum Gasteiger partial charge on any atom is 0.305 e. The zero-order valence-corrected chi connectivity index (χ0v) is 19.7. The van der Waals surface area contributed by atoms with Gasteiger partial charge >= 0.3 is 17.9 Å². The van der Waals surface area contributed by atoms with Gasteiger partial charge in [-0.1, -0.05) is 46.0 Å². The van der Waals surface area contributed by atoms with Crippen LogP contribution in [-0.4, -0.2) is 34.7 Å². The minimum absolute atomic E-state index is 0.133. The summed E-state index contributed by atoms with van der Waals surface area (Å²) in [5.74, 6) is -0.340. The molecule has 4 atom stereocenters. The van der Waals surface area contributed by atoms with Crippen LogP contribution in [0, 0.1) is 23.7 Å². The molecule has 0 aliphatic heterocycles. The minimum atomic E-state index is -0.796. The monoisotopic (exact) mass is 440 g/mol. The molecule has 0 saturated heterocycles. The van der Waals surface area contributed by atoms with E-state index in [0.717, 1.165) is 44.9 Å². The summed E-state index contributed by atoms with van der Waals surface area (Å²) in [4.78, 5) is 34.3. The van der Waals surface area contributed by atoms with Crippen molar-refractivity contribution in [2.45, 2.75) is 110 Å². The van der Waals surface area contributed by atoms with Crippen molar-refractivity contribution in [1.29, 1.82) is 0 Å². The van der Waals surface area contributed by atoms with Crippen LogP contribution in [0.2, 0.25) is 0 Å². The van der Waals surface area contributed by atoms with Crippen molar-refractivity contribution >= 4 is 17.9 Å². The SMILES string of the molecule is CCCCCC(CCC)COC(=O)CCC1CCC(CCC(=O)O)CC1CCC(=O)O. The number of carbonyl (C=O) groups is 3. The van der Waals surface area contributed by atoms with E-state index in [1.165, 1.54) is 19.3 Å². The van der Waals surface area contributed by atoms with Gasteiger partial charge in [0.2, 0.25) is 0 Å². The predicted molar refractivity (Wildman–Crippen MR) is 121 cm³/mol. The van der Waals surface area contributed by atoms with Gasteiger partial charge in [0.25, 0.3) is 0 Å². The second-order valence-electron chi connectivity index (χ2n) is 9.44. The number of esters is 1. The molecule has 31 heavy (non-hydrogen) atoms. The fourth-order valence-electron chi connectivity index (χ4n) is 5.04. The van der Waals surface area contributed by atoms with E-state index < -0.39 is 11.9 Å². The molecule has 2 N–H and O–H groups in total. The van der Waals surface area contributed by atoms with Gasteiger partial charge in [-0.15, -0.1) is 0 Å². The maximum atomic E-state index is 12.4. The Bertz CT molecular complexity index is 532. The van der Waals surface area contributed by atoms with Crippen LogP contribution in [0.4, 0.5) is 0 Å². The first-order chi connectivity index (χ1) is 14.8. The van der Waals surface area contributed by atoms with Gasteiger partial charge < -0.3 is 14.9 Å². The number of hydrogen-bond acceptors (Lipinski definition) is 4. The Kier molecular flexibility index (Phi) is 14.3. The van der Waals surface area contributed by atoms with Gasteiger partial charge in [0.05, 0.1) is 6.61 Å². The first-order valence-corrected chi connectivity index (χ1v) is 12.4. The van der Waals surface area contributed by atoms with E-state index in [0.29, 0.717) is 43.6 Å². The molecule has 0 amide bonds. The smallest absolute Gasteiger partial charge is 0.305 e. The Morgan fingerprint density at radius 1 is 0.839 bits per heavy atom. The summed E-state index contributed by atoms with van der Waals surface area (Å²) in [5, 5.41) is 18.0.